The molecule has 0 saturated carbocycles. The first-order valence-electron chi connectivity index (χ1n) is 10.1. The number of piperidine rings is 1. The molecule has 2 aromatic rings. The second kappa shape index (κ2) is 7.32. The lowest BCUT2D eigenvalue weighted by atomic mass is 9.83. The third-order valence-electron chi connectivity index (χ3n) is 6.35. The number of fused-ring (bicyclic) bond motifs is 4. The molecule has 0 N–H and O–H groups in total. The number of hydrogen-bond donors (Lipinski definition) is 0. The van der Waals surface area contributed by atoms with Crippen LogP contribution in [0.1, 0.15) is 46.1 Å². The zero-order valence-electron chi connectivity index (χ0n) is 15.8. The first-order chi connectivity index (χ1) is 13.6. The molecule has 2 fully saturated rings. The predicted octanol–water partition coefficient (Wildman–Crippen LogP) is 3.42. The van der Waals surface area contributed by atoms with Gasteiger partial charge in [-0.25, -0.2) is 0 Å². The first-order valence-corrected chi connectivity index (χ1v) is 11.3. The monoisotopic (exact) mass is 417 g/mol. The quantitative estimate of drug-likeness (QED) is 0.768. The van der Waals surface area contributed by atoms with E-state index >= 15 is 0 Å². The fourth-order valence-electron chi connectivity index (χ4n) is 5.04. The van der Waals surface area contributed by atoms with E-state index in [1.54, 1.807) is 6.07 Å². The molecule has 0 aromatic carbocycles. The molecule has 2 saturated heterocycles. The minimum atomic E-state index is 0.0630. The van der Waals surface area contributed by atoms with E-state index in [-0.39, 0.29) is 17.4 Å². The van der Waals surface area contributed by atoms with E-state index in [4.69, 9.17) is 11.6 Å². The van der Waals surface area contributed by atoms with Gasteiger partial charge in [-0.3, -0.25) is 14.5 Å². The summed E-state index contributed by atoms with van der Waals surface area (Å²) < 4.78 is 2.64. The van der Waals surface area contributed by atoms with Gasteiger partial charge >= 0.3 is 0 Å². The number of likely N-dealkylation sites (tertiary alicyclic amines) is 2. The number of hydrogen-bond acceptors (Lipinski definition) is 4. The number of amides is 1. The smallest absolute Gasteiger partial charge is 0.264 e. The third kappa shape index (κ3) is 3.31. The van der Waals surface area contributed by atoms with Crippen molar-refractivity contribution in [1.29, 1.82) is 0 Å². The third-order valence-corrected chi connectivity index (χ3v) is 7.57. The zero-order valence-corrected chi connectivity index (χ0v) is 17.3. The van der Waals surface area contributed by atoms with Crippen LogP contribution in [0.15, 0.2) is 29.1 Å². The Kier molecular flexibility index (Phi) is 4.81. The zero-order chi connectivity index (χ0) is 19.3. The summed E-state index contributed by atoms with van der Waals surface area (Å²) in [7, 11) is 0. The van der Waals surface area contributed by atoms with Gasteiger partial charge in [0.15, 0.2) is 0 Å². The van der Waals surface area contributed by atoms with Crippen LogP contribution < -0.4 is 5.56 Å². The standard InChI is InChI=1S/C21H24ClN3O2S/c22-19-6-5-18(28-19)21(27)24-10-14-9-16(13-24)17-4-3-15(20(26)25(17)11-14)12-23-7-1-2-8-23/h3-6,14,16H,1-2,7-13H2/t14-,16+/m0/s1. The normalized spacial score (nSPS) is 24.4. The summed E-state index contributed by atoms with van der Waals surface area (Å²) in [6.07, 6.45) is 3.52. The fourth-order valence-corrected chi connectivity index (χ4v) is 6.05. The van der Waals surface area contributed by atoms with E-state index in [9.17, 15) is 9.59 Å². The number of pyridine rings is 1. The van der Waals surface area contributed by atoms with Gasteiger partial charge in [0.25, 0.3) is 11.5 Å². The molecule has 0 radical (unpaired) electrons. The van der Waals surface area contributed by atoms with Crippen LogP contribution in [0.5, 0.6) is 0 Å². The molecule has 7 heteroatoms. The Balaban J connectivity index is 1.39. The number of nitrogens with zero attached hydrogens (tertiary/aromatic N) is 3. The Morgan fingerprint density at radius 1 is 1.11 bits per heavy atom. The van der Waals surface area contributed by atoms with Crippen LogP contribution in [-0.2, 0) is 13.1 Å². The number of rotatable bonds is 3. The van der Waals surface area contributed by atoms with E-state index in [2.05, 4.69) is 11.0 Å². The molecule has 5 heterocycles. The molecule has 2 bridgehead atoms. The minimum Gasteiger partial charge on any atom is -0.337 e. The Hall–Kier alpha value is -1.63. The van der Waals surface area contributed by atoms with E-state index in [0.29, 0.717) is 34.8 Å². The summed E-state index contributed by atoms with van der Waals surface area (Å²) in [5, 5.41) is 0. The van der Waals surface area contributed by atoms with Gasteiger partial charge in [0.1, 0.15) is 0 Å². The molecule has 5 nitrogen and oxygen atoms in total. The Labute approximate surface area is 173 Å². The number of aromatic nitrogens is 1. The van der Waals surface area contributed by atoms with Gasteiger partial charge in [-0.1, -0.05) is 17.7 Å². The molecular weight excluding hydrogens is 394 g/mol. The highest BCUT2D eigenvalue weighted by atomic mass is 35.5. The van der Waals surface area contributed by atoms with Crippen molar-refractivity contribution >= 4 is 28.8 Å². The van der Waals surface area contributed by atoms with Crippen molar-refractivity contribution in [2.45, 2.75) is 38.3 Å². The minimum absolute atomic E-state index is 0.0630. The SMILES string of the molecule is O=C(c1ccc(Cl)s1)N1C[C@@H]2C[C@H](C1)c1ccc(CN3CCCC3)c(=O)n1C2. The van der Waals surface area contributed by atoms with Crippen LogP contribution in [0.4, 0.5) is 0 Å². The van der Waals surface area contributed by atoms with Crippen molar-refractivity contribution in [3.63, 3.8) is 0 Å². The van der Waals surface area contributed by atoms with E-state index in [1.165, 1.54) is 24.2 Å². The van der Waals surface area contributed by atoms with Crippen LogP contribution in [0.25, 0.3) is 0 Å². The lowest BCUT2D eigenvalue weighted by molar-refractivity contribution is 0.0599. The lowest BCUT2D eigenvalue weighted by Crippen LogP contribution is -2.49. The maximum absolute atomic E-state index is 13.1. The predicted molar refractivity (Wildman–Crippen MR) is 111 cm³/mol. The second-order valence-corrected chi connectivity index (χ2v) is 10.0. The maximum atomic E-state index is 13.1. The topological polar surface area (TPSA) is 45.6 Å². The summed E-state index contributed by atoms with van der Waals surface area (Å²) >= 11 is 7.34. The van der Waals surface area contributed by atoms with Crippen molar-refractivity contribution in [2.75, 3.05) is 26.2 Å². The molecule has 5 rings (SSSR count). The average molecular weight is 418 g/mol. The van der Waals surface area contributed by atoms with Crippen LogP contribution in [0.3, 0.4) is 0 Å². The number of halogens is 1. The molecule has 0 unspecified atom stereocenters. The van der Waals surface area contributed by atoms with Crippen molar-refractivity contribution in [1.82, 2.24) is 14.4 Å². The second-order valence-electron chi connectivity index (χ2n) is 8.29. The van der Waals surface area contributed by atoms with Gasteiger partial charge in [-0.05, 0) is 56.5 Å². The van der Waals surface area contributed by atoms with E-state index in [0.717, 1.165) is 37.3 Å². The maximum Gasteiger partial charge on any atom is 0.264 e. The largest absolute Gasteiger partial charge is 0.337 e. The van der Waals surface area contributed by atoms with Gasteiger partial charge in [0, 0.05) is 43.4 Å². The van der Waals surface area contributed by atoms with Gasteiger partial charge in [-0.2, -0.15) is 0 Å². The van der Waals surface area contributed by atoms with Crippen molar-refractivity contribution in [2.24, 2.45) is 5.92 Å². The number of carbonyl (C=O) groups excluding carboxylic acids is 1. The summed E-state index contributed by atoms with van der Waals surface area (Å²) in [5.74, 6) is 0.638. The molecule has 2 aromatic heterocycles. The Morgan fingerprint density at radius 3 is 2.68 bits per heavy atom. The molecule has 148 valence electrons. The van der Waals surface area contributed by atoms with Crippen molar-refractivity contribution < 1.29 is 4.79 Å². The summed E-state index contributed by atoms with van der Waals surface area (Å²) in [6, 6.07) is 7.74. The molecule has 0 spiro atoms. The van der Waals surface area contributed by atoms with Gasteiger partial charge in [0.2, 0.25) is 0 Å². The van der Waals surface area contributed by atoms with Crippen LogP contribution in [-0.4, -0.2) is 46.5 Å². The highest BCUT2D eigenvalue weighted by molar-refractivity contribution is 7.17. The molecule has 28 heavy (non-hydrogen) atoms. The van der Waals surface area contributed by atoms with Gasteiger partial charge in [0.05, 0.1) is 9.21 Å². The molecule has 0 aliphatic carbocycles. The van der Waals surface area contributed by atoms with Crippen LogP contribution in [0, 0.1) is 5.92 Å². The highest BCUT2D eigenvalue weighted by Gasteiger charge is 2.37. The molecule has 1 amide bonds. The molecule has 3 aliphatic heterocycles. The number of thiophene rings is 1. The molecule has 2 atom stereocenters. The van der Waals surface area contributed by atoms with Crippen LogP contribution >= 0.6 is 22.9 Å². The van der Waals surface area contributed by atoms with Crippen LogP contribution in [0.2, 0.25) is 4.34 Å². The van der Waals surface area contributed by atoms with Gasteiger partial charge < -0.3 is 9.47 Å². The lowest BCUT2D eigenvalue weighted by Gasteiger charge is -2.42. The fraction of sp³-hybridized carbons (Fsp3) is 0.524. The average Bonchev–Trinajstić information content (AvgIpc) is 3.35. The van der Waals surface area contributed by atoms with Crippen molar-refractivity contribution in [3.8, 4) is 0 Å². The van der Waals surface area contributed by atoms with Crippen molar-refractivity contribution in [3.05, 3.63) is 55.1 Å². The summed E-state index contributed by atoms with van der Waals surface area (Å²) in [5.41, 5.74) is 2.17. The molecular formula is C21H24ClN3O2S. The van der Waals surface area contributed by atoms with E-state index < -0.39 is 0 Å². The Bertz CT molecular complexity index is 963. The first kappa shape index (κ1) is 18.4. The number of carbonyl (C=O) groups is 1. The summed E-state index contributed by atoms with van der Waals surface area (Å²) in [4.78, 5) is 31.0. The highest BCUT2D eigenvalue weighted by Crippen LogP contribution is 2.36. The molecule has 3 aliphatic rings. The Morgan fingerprint density at radius 2 is 1.93 bits per heavy atom. The van der Waals surface area contributed by atoms with Gasteiger partial charge in [-0.15, -0.1) is 11.3 Å². The van der Waals surface area contributed by atoms with E-state index in [1.807, 2.05) is 21.6 Å². The summed E-state index contributed by atoms with van der Waals surface area (Å²) in [6.45, 7) is 5.06.